The Hall–Kier alpha value is -2.27. The number of rotatable bonds is 4. The maximum Gasteiger partial charge on any atom is 0.295 e. The van der Waals surface area contributed by atoms with Crippen molar-refractivity contribution in [3.05, 3.63) is 51.5 Å². The quantitative estimate of drug-likeness (QED) is 0.633. The third-order valence-corrected chi connectivity index (χ3v) is 3.17. The van der Waals surface area contributed by atoms with Crippen LogP contribution in [0.3, 0.4) is 0 Å². The first-order valence-electron chi connectivity index (χ1n) is 5.74. The number of nitro groups is 1. The first-order chi connectivity index (χ1) is 9.60. The lowest BCUT2D eigenvalue weighted by atomic mass is 10.0. The summed E-state index contributed by atoms with van der Waals surface area (Å²) in [5.74, 6) is 0.962. The molecule has 0 bridgehead atoms. The summed E-state index contributed by atoms with van der Waals surface area (Å²) < 4.78 is 10.5. The van der Waals surface area contributed by atoms with Gasteiger partial charge in [-0.05, 0) is 24.3 Å². The van der Waals surface area contributed by atoms with E-state index in [1.807, 2.05) is 0 Å². The Balaban J connectivity index is 2.81. The third kappa shape index (κ3) is 2.40. The summed E-state index contributed by atoms with van der Waals surface area (Å²) in [5, 5.41) is 11.3. The molecule has 0 aromatic heterocycles. The van der Waals surface area contributed by atoms with E-state index in [1.54, 1.807) is 30.3 Å². The Bertz CT molecular complexity index is 635. The van der Waals surface area contributed by atoms with E-state index in [0.717, 1.165) is 0 Å². The number of methoxy groups -OCH3 is 2. The Kier molecular flexibility index (Phi) is 4.10. The normalized spacial score (nSPS) is 10.2. The van der Waals surface area contributed by atoms with Crippen LogP contribution in [0.15, 0.2) is 36.4 Å². The fourth-order valence-corrected chi connectivity index (χ4v) is 2.26. The van der Waals surface area contributed by atoms with Crippen LogP contribution in [0, 0.1) is 10.1 Å². The van der Waals surface area contributed by atoms with Gasteiger partial charge in [-0.15, -0.1) is 0 Å². The molecule has 0 amide bonds. The Morgan fingerprint density at radius 1 is 1.05 bits per heavy atom. The number of para-hydroxylation sites is 1. The number of hydrogen-bond acceptors (Lipinski definition) is 4. The van der Waals surface area contributed by atoms with Crippen LogP contribution < -0.4 is 9.47 Å². The van der Waals surface area contributed by atoms with E-state index < -0.39 is 4.92 Å². The molecule has 0 spiro atoms. The molecule has 0 aliphatic carbocycles. The fourth-order valence-electron chi connectivity index (χ4n) is 2.02. The first-order valence-corrected chi connectivity index (χ1v) is 6.12. The largest absolute Gasteiger partial charge is 0.496 e. The van der Waals surface area contributed by atoms with Gasteiger partial charge in [0.05, 0.1) is 30.3 Å². The summed E-state index contributed by atoms with van der Waals surface area (Å²) in [5.41, 5.74) is 0.695. The molecule has 0 fully saturated rings. The van der Waals surface area contributed by atoms with Crippen molar-refractivity contribution in [2.24, 2.45) is 0 Å². The van der Waals surface area contributed by atoms with Crippen LogP contribution in [0.25, 0.3) is 11.1 Å². The van der Waals surface area contributed by atoms with Crippen LogP contribution in [-0.2, 0) is 0 Å². The van der Waals surface area contributed by atoms with Crippen molar-refractivity contribution >= 4 is 17.3 Å². The summed E-state index contributed by atoms with van der Waals surface area (Å²) in [6.45, 7) is 0. The molecule has 2 aromatic rings. The molecular weight excluding hydrogens is 282 g/mol. The second-order valence-corrected chi connectivity index (χ2v) is 4.34. The molecule has 6 heteroatoms. The van der Waals surface area contributed by atoms with Crippen LogP contribution in [0.2, 0.25) is 5.02 Å². The smallest absolute Gasteiger partial charge is 0.295 e. The molecule has 0 N–H and O–H groups in total. The molecule has 5 nitrogen and oxygen atoms in total. The van der Waals surface area contributed by atoms with E-state index in [-0.39, 0.29) is 10.7 Å². The van der Waals surface area contributed by atoms with E-state index in [9.17, 15) is 10.1 Å². The first kappa shape index (κ1) is 14.1. The minimum absolute atomic E-state index is 0.0699. The highest BCUT2D eigenvalue weighted by Crippen LogP contribution is 2.44. The molecule has 0 radical (unpaired) electrons. The number of nitro benzene ring substituents is 1. The standard InChI is InChI=1S/C14H12ClNO4/c1-19-11-7-4-8-12(20-2)13(11)9-5-3-6-10(15)14(9)16(17)18/h3-8H,1-2H3. The van der Waals surface area contributed by atoms with E-state index in [2.05, 4.69) is 0 Å². The maximum absolute atomic E-state index is 11.3. The lowest BCUT2D eigenvalue weighted by Gasteiger charge is -2.13. The van der Waals surface area contributed by atoms with Crippen molar-refractivity contribution in [1.82, 2.24) is 0 Å². The van der Waals surface area contributed by atoms with Gasteiger partial charge in [0.15, 0.2) is 0 Å². The minimum Gasteiger partial charge on any atom is -0.496 e. The average Bonchev–Trinajstić information content (AvgIpc) is 2.45. The molecule has 0 saturated heterocycles. The maximum atomic E-state index is 11.3. The number of halogens is 1. The van der Waals surface area contributed by atoms with Crippen LogP contribution >= 0.6 is 11.6 Å². The molecule has 20 heavy (non-hydrogen) atoms. The predicted molar refractivity (Wildman–Crippen MR) is 76.6 cm³/mol. The van der Waals surface area contributed by atoms with Gasteiger partial charge in [-0.2, -0.15) is 0 Å². The summed E-state index contributed by atoms with van der Waals surface area (Å²) in [6, 6.07) is 9.91. The van der Waals surface area contributed by atoms with E-state index in [1.165, 1.54) is 20.3 Å². The molecule has 2 aromatic carbocycles. The molecule has 104 valence electrons. The number of ether oxygens (including phenoxy) is 2. The molecule has 0 unspecified atom stereocenters. The van der Waals surface area contributed by atoms with Crippen molar-refractivity contribution in [3.63, 3.8) is 0 Å². The highest BCUT2D eigenvalue weighted by atomic mass is 35.5. The Morgan fingerprint density at radius 2 is 1.60 bits per heavy atom. The van der Waals surface area contributed by atoms with Gasteiger partial charge in [0.25, 0.3) is 5.69 Å². The zero-order valence-corrected chi connectivity index (χ0v) is 11.7. The molecule has 0 aliphatic rings. The number of hydrogen-bond donors (Lipinski definition) is 0. The molecule has 0 saturated carbocycles. The zero-order chi connectivity index (χ0) is 14.7. The molecule has 0 aliphatic heterocycles. The molecule has 0 heterocycles. The van der Waals surface area contributed by atoms with Crippen molar-refractivity contribution in [3.8, 4) is 22.6 Å². The van der Waals surface area contributed by atoms with Gasteiger partial charge in [-0.3, -0.25) is 10.1 Å². The SMILES string of the molecule is COc1cccc(OC)c1-c1cccc(Cl)c1[N+](=O)[O-]. The predicted octanol–water partition coefficient (Wildman–Crippen LogP) is 3.93. The average molecular weight is 294 g/mol. The number of benzene rings is 2. The van der Waals surface area contributed by atoms with Crippen LogP contribution in [0.4, 0.5) is 5.69 Å². The third-order valence-electron chi connectivity index (χ3n) is 2.87. The van der Waals surface area contributed by atoms with Crippen molar-refractivity contribution in [2.75, 3.05) is 14.2 Å². The van der Waals surface area contributed by atoms with E-state index >= 15 is 0 Å². The van der Waals surface area contributed by atoms with Crippen LogP contribution in [-0.4, -0.2) is 19.1 Å². The van der Waals surface area contributed by atoms with Crippen LogP contribution in [0.5, 0.6) is 11.5 Å². The lowest BCUT2D eigenvalue weighted by Crippen LogP contribution is -1.97. The highest BCUT2D eigenvalue weighted by Gasteiger charge is 2.24. The molecule has 0 atom stereocenters. The highest BCUT2D eigenvalue weighted by molar-refractivity contribution is 6.33. The van der Waals surface area contributed by atoms with E-state index in [0.29, 0.717) is 22.6 Å². The van der Waals surface area contributed by atoms with Gasteiger partial charge in [-0.1, -0.05) is 23.7 Å². The lowest BCUT2D eigenvalue weighted by molar-refractivity contribution is -0.384. The molecule has 2 rings (SSSR count). The van der Waals surface area contributed by atoms with E-state index in [4.69, 9.17) is 21.1 Å². The monoisotopic (exact) mass is 293 g/mol. The van der Waals surface area contributed by atoms with Gasteiger partial charge in [0, 0.05) is 0 Å². The zero-order valence-electron chi connectivity index (χ0n) is 10.9. The van der Waals surface area contributed by atoms with Crippen molar-refractivity contribution < 1.29 is 14.4 Å². The summed E-state index contributed by atoms with van der Waals surface area (Å²) in [6.07, 6.45) is 0. The van der Waals surface area contributed by atoms with Gasteiger partial charge in [-0.25, -0.2) is 0 Å². The second-order valence-electron chi connectivity index (χ2n) is 3.93. The van der Waals surface area contributed by atoms with Gasteiger partial charge in [0.2, 0.25) is 0 Å². The van der Waals surface area contributed by atoms with Crippen molar-refractivity contribution in [2.45, 2.75) is 0 Å². The summed E-state index contributed by atoms with van der Waals surface area (Å²) in [4.78, 5) is 10.7. The number of nitrogens with zero attached hydrogens (tertiary/aromatic N) is 1. The van der Waals surface area contributed by atoms with Crippen LogP contribution in [0.1, 0.15) is 0 Å². The summed E-state index contributed by atoms with van der Waals surface area (Å²) >= 11 is 5.94. The van der Waals surface area contributed by atoms with Gasteiger partial charge >= 0.3 is 0 Å². The van der Waals surface area contributed by atoms with Crippen molar-refractivity contribution in [1.29, 1.82) is 0 Å². The second kappa shape index (κ2) is 5.79. The Morgan fingerprint density at radius 3 is 2.10 bits per heavy atom. The molecular formula is C14H12ClNO4. The topological polar surface area (TPSA) is 61.6 Å². The summed E-state index contributed by atoms with van der Waals surface area (Å²) in [7, 11) is 2.99. The minimum atomic E-state index is -0.510. The Labute approximate surface area is 120 Å². The van der Waals surface area contributed by atoms with Gasteiger partial charge in [0.1, 0.15) is 16.5 Å². The fraction of sp³-hybridized carbons (Fsp3) is 0.143. The van der Waals surface area contributed by atoms with Gasteiger partial charge < -0.3 is 9.47 Å².